The smallest absolute Gasteiger partial charge is 0.235 e. The fraction of sp³-hybridized carbons (Fsp3) is 0.368. The van der Waals surface area contributed by atoms with Gasteiger partial charge in [0.05, 0.1) is 23.3 Å². The van der Waals surface area contributed by atoms with Gasteiger partial charge in [0.1, 0.15) is 12.4 Å². The molecule has 0 bridgehead atoms. The molecule has 2 N–H and O–H groups in total. The van der Waals surface area contributed by atoms with Crippen molar-refractivity contribution >= 4 is 23.2 Å². The zero-order chi connectivity index (χ0) is 18.9. The molecular formula is C19H23ClFN2O2+. The van der Waals surface area contributed by atoms with Crippen LogP contribution in [0.5, 0.6) is 0 Å². The molecule has 0 fully saturated rings. The molecule has 2 rings (SSSR count). The first-order chi connectivity index (χ1) is 11.6. The van der Waals surface area contributed by atoms with Crippen LogP contribution in [0.25, 0.3) is 0 Å². The summed E-state index contributed by atoms with van der Waals surface area (Å²) >= 11 is 6.08. The molecule has 0 aliphatic rings. The van der Waals surface area contributed by atoms with Gasteiger partial charge in [0, 0.05) is 11.3 Å². The Morgan fingerprint density at radius 2 is 1.96 bits per heavy atom. The molecule has 4 nitrogen and oxygen atoms in total. The second kappa shape index (κ2) is 7.50. The zero-order valence-corrected chi connectivity index (χ0v) is 15.8. The summed E-state index contributed by atoms with van der Waals surface area (Å²) in [5, 5.41) is 0.352. The van der Waals surface area contributed by atoms with Crippen molar-refractivity contribution < 1.29 is 18.9 Å². The molecule has 0 radical (unpaired) electrons. The number of likely N-dealkylation sites (N-methyl/N-ethyl adjacent to an activating group) is 1. The van der Waals surface area contributed by atoms with Crippen LogP contribution in [0.4, 0.5) is 4.39 Å². The van der Waals surface area contributed by atoms with E-state index in [-0.39, 0.29) is 23.9 Å². The van der Waals surface area contributed by atoms with Crippen LogP contribution >= 0.6 is 11.6 Å². The van der Waals surface area contributed by atoms with E-state index < -0.39 is 6.04 Å². The Morgan fingerprint density at radius 1 is 1.32 bits per heavy atom. The molecule has 2 aromatic rings. The van der Waals surface area contributed by atoms with E-state index in [1.54, 1.807) is 32.9 Å². The number of ketones is 2. The second-order valence-electron chi connectivity index (χ2n) is 6.49. The highest BCUT2D eigenvalue weighted by molar-refractivity contribution is 6.31. The lowest BCUT2D eigenvalue weighted by Crippen LogP contribution is -3.12. The monoisotopic (exact) mass is 365 g/mol. The van der Waals surface area contributed by atoms with Gasteiger partial charge in [-0.3, -0.25) is 9.59 Å². The predicted molar refractivity (Wildman–Crippen MR) is 96.1 cm³/mol. The van der Waals surface area contributed by atoms with Crippen LogP contribution in [0.1, 0.15) is 51.5 Å². The number of aromatic nitrogens is 1. The van der Waals surface area contributed by atoms with E-state index in [1.807, 2.05) is 7.05 Å². The van der Waals surface area contributed by atoms with Crippen molar-refractivity contribution in [1.29, 1.82) is 0 Å². The Morgan fingerprint density at radius 3 is 2.48 bits per heavy atom. The summed E-state index contributed by atoms with van der Waals surface area (Å²) in [5.41, 5.74) is 2.75. The summed E-state index contributed by atoms with van der Waals surface area (Å²) < 4.78 is 14.0. The third-order valence-corrected chi connectivity index (χ3v) is 5.04. The summed E-state index contributed by atoms with van der Waals surface area (Å²) in [5.74, 6) is -0.563. The molecule has 6 heteroatoms. The first kappa shape index (κ1) is 19.3. The fourth-order valence-corrected chi connectivity index (χ4v) is 3.33. The number of nitrogens with one attached hydrogen (secondary N) is 2. The first-order valence-corrected chi connectivity index (χ1v) is 8.52. The molecule has 0 spiro atoms. The summed E-state index contributed by atoms with van der Waals surface area (Å²) in [7, 11) is 1.82. The molecule has 0 aliphatic heterocycles. The largest absolute Gasteiger partial charge is 0.355 e. The quantitative estimate of drug-likeness (QED) is 0.773. The number of H-pyrrole nitrogens is 1. The third kappa shape index (κ3) is 3.83. The number of halogens is 2. The molecule has 0 saturated carbocycles. The molecule has 1 aromatic heterocycles. The van der Waals surface area contributed by atoms with Gasteiger partial charge in [-0.05, 0) is 45.4 Å². The number of carbonyl (C=O) groups excluding carboxylic acids is 2. The maximum Gasteiger partial charge on any atom is 0.235 e. The number of hydrogen-bond acceptors (Lipinski definition) is 2. The van der Waals surface area contributed by atoms with Crippen molar-refractivity contribution in [1.82, 2.24) is 4.98 Å². The van der Waals surface area contributed by atoms with E-state index >= 15 is 0 Å². The van der Waals surface area contributed by atoms with Crippen molar-refractivity contribution in [2.75, 3.05) is 7.05 Å². The van der Waals surface area contributed by atoms with Crippen LogP contribution in [0.3, 0.4) is 0 Å². The van der Waals surface area contributed by atoms with E-state index in [0.29, 0.717) is 33.1 Å². The van der Waals surface area contributed by atoms with Crippen LogP contribution in [0, 0.1) is 19.7 Å². The fourth-order valence-electron chi connectivity index (χ4n) is 3.10. The minimum absolute atomic E-state index is 0.0724. The molecule has 2 atom stereocenters. The summed E-state index contributed by atoms with van der Waals surface area (Å²) in [6.45, 7) is 7.11. The first-order valence-electron chi connectivity index (χ1n) is 8.14. The van der Waals surface area contributed by atoms with Gasteiger partial charge in [-0.15, -0.1) is 0 Å². The normalized spacial score (nSPS) is 13.6. The van der Waals surface area contributed by atoms with Crippen molar-refractivity contribution in [2.45, 2.75) is 40.3 Å². The van der Waals surface area contributed by atoms with E-state index in [9.17, 15) is 14.0 Å². The number of hydrogen-bond donors (Lipinski definition) is 2. The molecule has 1 heterocycles. The predicted octanol–water partition coefficient (Wildman–Crippen LogP) is 2.91. The Kier molecular flexibility index (Phi) is 5.80. The lowest BCUT2D eigenvalue weighted by atomic mass is 10.0. The van der Waals surface area contributed by atoms with Crippen molar-refractivity contribution in [2.24, 2.45) is 0 Å². The van der Waals surface area contributed by atoms with Gasteiger partial charge in [-0.2, -0.15) is 0 Å². The van der Waals surface area contributed by atoms with Gasteiger partial charge < -0.3 is 9.88 Å². The standard InChI is InChI=1S/C19H22ClFN2O2/c1-10-17(13(4)24)11(2)22-18(10)19(25)12(3)23(5)9-14-15(20)7-6-8-16(14)21/h6-8,12,22H,9H2,1-5H3/p+1/t12-/m0/s1. The number of carbonyl (C=O) groups is 2. The van der Waals surface area contributed by atoms with Crippen LogP contribution < -0.4 is 4.90 Å². The van der Waals surface area contributed by atoms with Gasteiger partial charge in [0.2, 0.25) is 5.78 Å². The number of benzene rings is 1. The summed E-state index contributed by atoms with van der Waals surface area (Å²) in [6.07, 6.45) is 0. The minimum Gasteiger partial charge on any atom is -0.355 e. The van der Waals surface area contributed by atoms with Crippen molar-refractivity contribution in [3.63, 3.8) is 0 Å². The Bertz CT molecular complexity index is 809. The lowest BCUT2D eigenvalue weighted by Gasteiger charge is -2.21. The summed E-state index contributed by atoms with van der Waals surface area (Å²) in [6, 6.07) is 4.13. The topological polar surface area (TPSA) is 54.4 Å². The van der Waals surface area contributed by atoms with Gasteiger partial charge >= 0.3 is 0 Å². The van der Waals surface area contributed by atoms with E-state index in [4.69, 9.17) is 11.6 Å². The molecule has 0 aliphatic carbocycles. The molecule has 134 valence electrons. The maximum absolute atomic E-state index is 14.0. The molecule has 0 amide bonds. The van der Waals surface area contributed by atoms with Gasteiger partial charge in [0.25, 0.3) is 0 Å². The second-order valence-corrected chi connectivity index (χ2v) is 6.90. The number of quaternary nitrogens is 1. The Balaban J connectivity index is 2.25. The zero-order valence-electron chi connectivity index (χ0n) is 15.1. The average Bonchev–Trinajstić information content (AvgIpc) is 2.84. The molecule has 1 unspecified atom stereocenters. The Hall–Kier alpha value is -1.98. The third-order valence-electron chi connectivity index (χ3n) is 4.69. The lowest BCUT2D eigenvalue weighted by molar-refractivity contribution is -0.907. The SMILES string of the molecule is CC(=O)c1c(C)[nH]c(C(=O)[C@H](C)[NH+](C)Cc2c(F)cccc2Cl)c1C. The van der Waals surface area contributed by atoms with Crippen molar-refractivity contribution in [3.8, 4) is 0 Å². The van der Waals surface area contributed by atoms with Gasteiger partial charge in [-0.1, -0.05) is 17.7 Å². The van der Waals surface area contributed by atoms with E-state index in [1.165, 1.54) is 13.0 Å². The van der Waals surface area contributed by atoms with Crippen LogP contribution in [-0.2, 0) is 6.54 Å². The molecule has 0 saturated heterocycles. The van der Waals surface area contributed by atoms with Gasteiger partial charge in [-0.25, -0.2) is 4.39 Å². The number of rotatable bonds is 6. The van der Waals surface area contributed by atoms with E-state index in [2.05, 4.69) is 4.98 Å². The highest BCUT2D eigenvalue weighted by Gasteiger charge is 2.29. The van der Waals surface area contributed by atoms with Crippen LogP contribution in [-0.4, -0.2) is 29.6 Å². The average molecular weight is 366 g/mol. The number of aromatic amines is 1. The minimum atomic E-state index is -0.424. The Labute approximate surface area is 152 Å². The molecule has 25 heavy (non-hydrogen) atoms. The van der Waals surface area contributed by atoms with E-state index in [0.717, 1.165) is 4.90 Å². The van der Waals surface area contributed by atoms with Crippen LogP contribution in [0.2, 0.25) is 5.02 Å². The molecule has 1 aromatic carbocycles. The number of Topliss-reactive ketones (excluding diaryl/α,β-unsaturated/α-hetero) is 2. The van der Waals surface area contributed by atoms with Crippen LogP contribution in [0.15, 0.2) is 18.2 Å². The maximum atomic E-state index is 14.0. The number of aryl methyl sites for hydroxylation is 1. The van der Waals surface area contributed by atoms with Crippen molar-refractivity contribution in [3.05, 3.63) is 57.1 Å². The summed E-state index contributed by atoms with van der Waals surface area (Å²) in [4.78, 5) is 28.5. The van der Waals surface area contributed by atoms with Gasteiger partial charge in [0.15, 0.2) is 11.8 Å². The highest BCUT2D eigenvalue weighted by Crippen LogP contribution is 2.20. The molecular weight excluding hydrogens is 343 g/mol. The highest BCUT2D eigenvalue weighted by atomic mass is 35.5.